The third-order valence-electron chi connectivity index (χ3n) is 6.05. The van der Waals surface area contributed by atoms with Crippen LogP contribution >= 0.6 is 0 Å². The minimum Gasteiger partial charge on any atom is -0.368 e. The molecule has 0 radical (unpaired) electrons. The monoisotopic (exact) mass is 439 g/mol. The fraction of sp³-hybridized carbons (Fsp3) is 0.560. The second kappa shape index (κ2) is 9.96. The molecule has 1 aromatic carbocycles. The van der Waals surface area contributed by atoms with Crippen molar-refractivity contribution in [3.63, 3.8) is 0 Å². The number of fused-ring (bicyclic) bond motifs is 1. The molecule has 2 saturated carbocycles. The Balaban J connectivity index is 1.48. The highest BCUT2D eigenvalue weighted by Gasteiger charge is 2.25. The van der Waals surface area contributed by atoms with Gasteiger partial charge in [-0.1, -0.05) is 6.92 Å². The van der Waals surface area contributed by atoms with E-state index in [0.29, 0.717) is 36.4 Å². The Kier molecular flexibility index (Phi) is 7.06. The minimum absolute atomic E-state index is 0.184. The van der Waals surface area contributed by atoms with Crippen molar-refractivity contribution in [3.05, 3.63) is 30.0 Å². The van der Waals surface area contributed by atoms with Crippen LogP contribution in [0.3, 0.4) is 0 Å². The molecule has 2 amide bonds. The molecule has 0 spiro atoms. The molecule has 0 saturated heterocycles. The van der Waals surface area contributed by atoms with Crippen molar-refractivity contribution < 1.29 is 19.1 Å². The van der Waals surface area contributed by atoms with Gasteiger partial charge in [-0.3, -0.25) is 14.6 Å². The Morgan fingerprint density at radius 2 is 1.56 bits per heavy atom. The number of carbonyl (C=O) groups excluding carboxylic acids is 2. The summed E-state index contributed by atoms with van der Waals surface area (Å²) in [6.45, 7) is 6.83. The maximum atomic E-state index is 12.7. The Bertz CT molecular complexity index is 985. The molecule has 2 aliphatic rings. The van der Waals surface area contributed by atoms with Gasteiger partial charge in [-0.15, -0.1) is 0 Å². The van der Waals surface area contributed by atoms with Gasteiger partial charge in [-0.05, 0) is 82.1 Å². The predicted octanol–water partition coefficient (Wildman–Crippen LogP) is 4.30. The van der Waals surface area contributed by atoms with E-state index in [2.05, 4.69) is 15.6 Å². The van der Waals surface area contributed by atoms with E-state index in [0.717, 1.165) is 23.0 Å². The van der Waals surface area contributed by atoms with Crippen molar-refractivity contribution in [2.45, 2.75) is 65.1 Å². The van der Waals surface area contributed by atoms with E-state index in [1.54, 1.807) is 13.8 Å². The maximum Gasteiger partial charge on any atom is 0.253 e. The van der Waals surface area contributed by atoms with Gasteiger partial charge in [0.1, 0.15) is 12.2 Å². The minimum atomic E-state index is -0.531. The zero-order valence-corrected chi connectivity index (χ0v) is 19.1. The standard InChI is InChI=1S/C25H33N3O4/c1-4-19-12-23(28-25(30)16(3)32-14-18-7-8-18)21-11-20(9-10-22(21)26-19)27-24(29)15(2)31-13-17-5-6-17/h9-12,15-18H,4-8,13-14H2,1-3H3,(H,27,29)(H,26,28,30)/t15-,16+/m1/s1. The number of amides is 2. The largest absolute Gasteiger partial charge is 0.368 e. The van der Waals surface area contributed by atoms with Gasteiger partial charge >= 0.3 is 0 Å². The molecule has 0 aliphatic heterocycles. The molecule has 32 heavy (non-hydrogen) atoms. The number of pyridine rings is 1. The average molecular weight is 440 g/mol. The van der Waals surface area contributed by atoms with Gasteiger partial charge in [0.25, 0.3) is 11.8 Å². The average Bonchev–Trinajstić information content (AvgIpc) is 3.70. The molecule has 4 rings (SSSR count). The van der Waals surface area contributed by atoms with E-state index < -0.39 is 12.2 Å². The number of hydrogen-bond acceptors (Lipinski definition) is 5. The first-order valence-corrected chi connectivity index (χ1v) is 11.7. The van der Waals surface area contributed by atoms with Crippen LogP contribution in [-0.4, -0.2) is 42.2 Å². The van der Waals surface area contributed by atoms with Crippen LogP contribution in [0.4, 0.5) is 11.4 Å². The molecule has 1 aromatic heterocycles. The number of carbonyl (C=O) groups is 2. The van der Waals surface area contributed by atoms with Crippen LogP contribution in [0.2, 0.25) is 0 Å². The lowest BCUT2D eigenvalue weighted by Crippen LogP contribution is -2.29. The second-order valence-electron chi connectivity index (χ2n) is 9.06. The van der Waals surface area contributed by atoms with E-state index in [9.17, 15) is 9.59 Å². The predicted molar refractivity (Wildman–Crippen MR) is 125 cm³/mol. The number of rotatable bonds is 11. The summed E-state index contributed by atoms with van der Waals surface area (Å²) in [5.41, 5.74) is 2.97. The fourth-order valence-corrected chi connectivity index (χ4v) is 3.40. The highest BCUT2D eigenvalue weighted by molar-refractivity contribution is 6.04. The Morgan fingerprint density at radius 1 is 0.969 bits per heavy atom. The molecule has 7 nitrogen and oxygen atoms in total. The summed E-state index contributed by atoms with van der Waals surface area (Å²) in [5.74, 6) is 0.833. The third kappa shape index (κ3) is 6.04. The fourth-order valence-electron chi connectivity index (χ4n) is 3.40. The molecule has 172 valence electrons. The maximum absolute atomic E-state index is 12.7. The van der Waals surface area contributed by atoms with Gasteiger partial charge in [0.2, 0.25) is 0 Å². The van der Waals surface area contributed by atoms with E-state index in [1.165, 1.54) is 25.7 Å². The van der Waals surface area contributed by atoms with Crippen LogP contribution in [0.15, 0.2) is 24.3 Å². The topological polar surface area (TPSA) is 89.6 Å². The highest BCUT2D eigenvalue weighted by atomic mass is 16.5. The highest BCUT2D eigenvalue weighted by Crippen LogP contribution is 2.31. The van der Waals surface area contributed by atoms with Crippen molar-refractivity contribution in [2.75, 3.05) is 23.8 Å². The summed E-state index contributed by atoms with van der Waals surface area (Å²) >= 11 is 0. The van der Waals surface area contributed by atoms with Crippen molar-refractivity contribution in [1.29, 1.82) is 0 Å². The SMILES string of the molecule is CCc1cc(NC(=O)[C@H](C)OCC2CC2)c2cc(NC(=O)[C@@H](C)OCC3CC3)ccc2n1. The number of benzene rings is 1. The van der Waals surface area contributed by atoms with E-state index in [1.807, 2.05) is 31.2 Å². The first-order chi connectivity index (χ1) is 15.4. The molecule has 7 heteroatoms. The van der Waals surface area contributed by atoms with Crippen LogP contribution in [0.5, 0.6) is 0 Å². The summed E-state index contributed by atoms with van der Waals surface area (Å²) in [5, 5.41) is 6.70. The molecule has 1 heterocycles. The lowest BCUT2D eigenvalue weighted by molar-refractivity contribution is -0.127. The van der Waals surface area contributed by atoms with Crippen LogP contribution in [0.1, 0.15) is 52.1 Å². The number of ether oxygens (including phenoxy) is 2. The number of nitrogens with zero attached hydrogens (tertiary/aromatic N) is 1. The van der Waals surface area contributed by atoms with Gasteiger partial charge in [0, 0.05) is 16.8 Å². The molecule has 2 atom stereocenters. The van der Waals surface area contributed by atoms with Crippen LogP contribution in [0, 0.1) is 11.8 Å². The first kappa shape index (κ1) is 22.7. The Morgan fingerprint density at radius 3 is 2.12 bits per heavy atom. The lowest BCUT2D eigenvalue weighted by atomic mass is 10.1. The molecular formula is C25H33N3O4. The van der Waals surface area contributed by atoms with Gasteiger partial charge in [-0.2, -0.15) is 0 Å². The molecule has 2 fully saturated rings. The number of aromatic nitrogens is 1. The molecule has 0 unspecified atom stereocenters. The number of hydrogen-bond donors (Lipinski definition) is 2. The molecule has 2 aromatic rings. The van der Waals surface area contributed by atoms with Gasteiger partial charge < -0.3 is 20.1 Å². The van der Waals surface area contributed by atoms with E-state index in [4.69, 9.17) is 9.47 Å². The first-order valence-electron chi connectivity index (χ1n) is 11.7. The summed E-state index contributed by atoms with van der Waals surface area (Å²) in [6, 6.07) is 7.43. The van der Waals surface area contributed by atoms with E-state index >= 15 is 0 Å². The van der Waals surface area contributed by atoms with E-state index in [-0.39, 0.29) is 11.8 Å². The third-order valence-corrected chi connectivity index (χ3v) is 6.05. The van der Waals surface area contributed by atoms with Crippen LogP contribution in [0.25, 0.3) is 10.9 Å². The van der Waals surface area contributed by atoms with Crippen LogP contribution in [-0.2, 0) is 25.5 Å². The summed E-state index contributed by atoms with van der Waals surface area (Å²) in [4.78, 5) is 29.9. The van der Waals surface area contributed by atoms with Crippen molar-refractivity contribution in [1.82, 2.24) is 4.98 Å². The number of nitrogens with one attached hydrogen (secondary N) is 2. The Labute approximate surface area is 189 Å². The van der Waals surface area contributed by atoms with Crippen molar-refractivity contribution >= 4 is 34.1 Å². The van der Waals surface area contributed by atoms with Gasteiger partial charge in [0.15, 0.2) is 0 Å². The summed E-state index contributed by atoms with van der Waals surface area (Å²) in [7, 11) is 0. The lowest BCUT2D eigenvalue weighted by Gasteiger charge is -2.17. The van der Waals surface area contributed by atoms with Crippen molar-refractivity contribution in [3.8, 4) is 0 Å². The second-order valence-corrected chi connectivity index (χ2v) is 9.06. The van der Waals surface area contributed by atoms with Gasteiger partial charge in [-0.25, -0.2) is 0 Å². The molecule has 2 N–H and O–H groups in total. The molecule has 0 bridgehead atoms. The van der Waals surface area contributed by atoms with Crippen LogP contribution < -0.4 is 10.6 Å². The van der Waals surface area contributed by atoms with Gasteiger partial charge in [0.05, 0.1) is 24.4 Å². The summed E-state index contributed by atoms with van der Waals surface area (Å²) in [6.07, 6.45) is 4.44. The summed E-state index contributed by atoms with van der Waals surface area (Å²) < 4.78 is 11.4. The smallest absolute Gasteiger partial charge is 0.253 e. The zero-order valence-electron chi connectivity index (χ0n) is 19.1. The quantitative estimate of drug-likeness (QED) is 0.545. The normalized spacial score (nSPS) is 17.7. The number of aryl methyl sites for hydroxylation is 1. The Hall–Kier alpha value is -2.51. The molecular weight excluding hydrogens is 406 g/mol. The molecule has 2 aliphatic carbocycles. The number of anilines is 2. The zero-order chi connectivity index (χ0) is 22.7. The van der Waals surface area contributed by atoms with Crippen molar-refractivity contribution in [2.24, 2.45) is 11.8 Å².